The second-order valence-corrected chi connectivity index (χ2v) is 11.6. The molecule has 3 heteroatoms. The molecule has 0 radical (unpaired) electrons. The molecule has 2 nitrogen and oxygen atoms in total. The highest BCUT2D eigenvalue weighted by molar-refractivity contribution is 7.26. The van der Waals surface area contributed by atoms with Crippen molar-refractivity contribution in [2.75, 3.05) is 0 Å². The summed E-state index contributed by atoms with van der Waals surface area (Å²) in [6.07, 6.45) is 0. The summed E-state index contributed by atoms with van der Waals surface area (Å²) in [5.74, 6) is 0. The van der Waals surface area contributed by atoms with Crippen LogP contribution in [0.5, 0.6) is 0 Å². The van der Waals surface area contributed by atoms with Crippen molar-refractivity contribution >= 4 is 64.5 Å². The fourth-order valence-electron chi connectivity index (χ4n) is 6.26. The molecule has 0 aliphatic carbocycles. The summed E-state index contributed by atoms with van der Waals surface area (Å²) in [5.41, 5.74) is 10.2. The van der Waals surface area contributed by atoms with Crippen LogP contribution in [0.1, 0.15) is 0 Å². The molecule has 0 aliphatic heterocycles. The zero-order valence-corrected chi connectivity index (χ0v) is 22.9. The van der Waals surface area contributed by atoms with Crippen molar-refractivity contribution in [1.29, 1.82) is 0 Å². The largest absolute Gasteiger partial charge is 0.456 e. The molecule has 192 valence electrons. The van der Waals surface area contributed by atoms with Gasteiger partial charge >= 0.3 is 0 Å². The fraction of sp³-hybridized carbons (Fsp3) is 0. The highest BCUT2D eigenvalue weighted by Gasteiger charge is 2.18. The highest BCUT2D eigenvalue weighted by atomic mass is 32.1. The number of aromatic nitrogens is 1. The number of thiophene rings is 1. The quantitative estimate of drug-likeness (QED) is 0.217. The van der Waals surface area contributed by atoms with E-state index in [4.69, 9.17) is 4.42 Å². The Morgan fingerprint density at radius 1 is 0.463 bits per heavy atom. The maximum atomic E-state index is 6.43. The number of fused-ring (bicyclic) bond motifs is 8. The van der Waals surface area contributed by atoms with Crippen LogP contribution in [0, 0.1) is 0 Å². The van der Waals surface area contributed by atoms with E-state index in [0.29, 0.717) is 0 Å². The minimum absolute atomic E-state index is 0.914. The van der Waals surface area contributed by atoms with Gasteiger partial charge in [0, 0.05) is 31.9 Å². The molecule has 9 aromatic rings. The van der Waals surface area contributed by atoms with E-state index >= 15 is 0 Å². The molecule has 0 bridgehead atoms. The predicted octanol–water partition coefficient (Wildman–Crippen LogP) is 11.2. The Balaban J connectivity index is 1.23. The van der Waals surface area contributed by atoms with E-state index in [-0.39, 0.29) is 0 Å². The van der Waals surface area contributed by atoms with Crippen LogP contribution >= 0.6 is 11.3 Å². The molecule has 0 saturated heterocycles. The fourth-order valence-corrected chi connectivity index (χ4v) is 7.46. The molecule has 3 heterocycles. The Hall–Kier alpha value is -5.12. The number of rotatable bonds is 3. The molecule has 0 spiro atoms. The van der Waals surface area contributed by atoms with Gasteiger partial charge in [0.15, 0.2) is 0 Å². The predicted molar refractivity (Wildman–Crippen MR) is 174 cm³/mol. The average molecular weight is 542 g/mol. The third-order valence-corrected chi connectivity index (χ3v) is 9.40. The van der Waals surface area contributed by atoms with Crippen LogP contribution in [-0.4, -0.2) is 4.57 Å². The van der Waals surface area contributed by atoms with Crippen molar-refractivity contribution in [1.82, 2.24) is 4.57 Å². The average Bonchev–Trinajstić information content (AvgIpc) is 3.69. The van der Waals surface area contributed by atoms with Crippen molar-refractivity contribution in [3.8, 4) is 27.9 Å². The Bertz CT molecular complexity index is 2410. The topological polar surface area (TPSA) is 18.1 Å². The first-order valence-corrected chi connectivity index (χ1v) is 14.7. The van der Waals surface area contributed by atoms with E-state index in [9.17, 15) is 0 Å². The molecule has 0 aliphatic rings. The van der Waals surface area contributed by atoms with Crippen molar-refractivity contribution in [2.45, 2.75) is 0 Å². The first-order chi connectivity index (χ1) is 20.3. The van der Waals surface area contributed by atoms with Crippen molar-refractivity contribution < 1.29 is 4.42 Å². The molecular formula is C38H23NOS. The van der Waals surface area contributed by atoms with E-state index in [1.807, 2.05) is 17.4 Å². The van der Waals surface area contributed by atoms with Crippen LogP contribution in [0.25, 0.3) is 81.1 Å². The summed E-state index contributed by atoms with van der Waals surface area (Å²) in [6.45, 7) is 0. The second kappa shape index (κ2) is 8.69. The Morgan fingerprint density at radius 2 is 1.07 bits per heavy atom. The maximum absolute atomic E-state index is 6.43. The molecule has 6 aromatic carbocycles. The highest BCUT2D eigenvalue weighted by Crippen LogP contribution is 2.44. The minimum atomic E-state index is 0.914. The van der Waals surface area contributed by atoms with Gasteiger partial charge in [-0.25, -0.2) is 0 Å². The van der Waals surface area contributed by atoms with Gasteiger partial charge in [-0.15, -0.1) is 11.3 Å². The van der Waals surface area contributed by atoms with Crippen LogP contribution < -0.4 is 0 Å². The lowest BCUT2D eigenvalue weighted by Crippen LogP contribution is -1.92. The number of nitrogens with zero attached hydrogens (tertiary/aromatic N) is 1. The molecular weight excluding hydrogens is 518 g/mol. The first kappa shape index (κ1) is 22.7. The summed E-state index contributed by atoms with van der Waals surface area (Å²) in [4.78, 5) is 0. The summed E-state index contributed by atoms with van der Waals surface area (Å²) < 4.78 is 11.5. The number of para-hydroxylation sites is 2. The van der Waals surface area contributed by atoms with Crippen LogP contribution in [0.2, 0.25) is 0 Å². The lowest BCUT2D eigenvalue weighted by molar-refractivity contribution is 0.669. The molecule has 3 aromatic heterocycles. The number of hydrogen-bond donors (Lipinski definition) is 0. The lowest BCUT2D eigenvalue weighted by Gasteiger charge is -2.08. The number of hydrogen-bond acceptors (Lipinski definition) is 2. The molecule has 9 rings (SSSR count). The zero-order valence-electron chi connectivity index (χ0n) is 22.0. The van der Waals surface area contributed by atoms with Gasteiger partial charge in [0.1, 0.15) is 11.2 Å². The third kappa shape index (κ3) is 3.43. The third-order valence-electron chi connectivity index (χ3n) is 8.20. The molecule has 0 unspecified atom stereocenters. The first-order valence-electron chi connectivity index (χ1n) is 13.9. The van der Waals surface area contributed by atoms with Crippen molar-refractivity contribution in [2.24, 2.45) is 0 Å². The lowest BCUT2D eigenvalue weighted by atomic mass is 10.0. The molecule has 0 saturated carbocycles. The molecule has 0 amide bonds. The number of furan rings is 1. The van der Waals surface area contributed by atoms with Crippen LogP contribution in [-0.2, 0) is 0 Å². The number of benzene rings is 6. The summed E-state index contributed by atoms with van der Waals surface area (Å²) in [5, 5.41) is 4.87. The van der Waals surface area contributed by atoms with E-state index in [2.05, 4.69) is 138 Å². The van der Waals surface area contributed by atoms with E-state index in [0.717, 1.165) is 33.1 Å². The minimum Gasteiger partial charge on any atom is -0.456 e. The molecule has 0 atom stereocenters. The van der Waals surface area contributed by atoms with Gasteiger partial charge in [-0.1, -0.05) is 84.9 Å². The van der Waals surface area contributed by atoms with Gasteiger partial charge in [-0.05, 0) is 76.9 Å². The Morgan fingerprint density at radius 3 is 1.83 bits per heavy atom. The van der Waals surface area contributed by atoms with Crippen molar-refractivity contribution in [3.05, 3.63) is 140 Å². The molecule has 41 heavy (non-hydrogen) atoms. The van der Waals surface area contributed by atoms with Crippen LogP contribution in [0.4, 0.5) is 0 Å². The SMILES string of the molecule is c1ccc(-c2ccc3c(c2)oc2cc(-c4ccc5sc6c7ccccc7n(-c7ccccc7)c6c5c4)ccc23)cc1. The monoisotopic (exact) mass is 541 g/mol. The Labute approximate surface area is 240 Å². The second-order valence-electron chi connectivity index (χ2n) is 10.6. The van der Waals surface area contributed by atoms with Gasteiger partial charge in [-0.2, -0.15) is 0 Å². The van der Waals surface area contributed by atoms with Gasteiger partial charge in [0.05, 0.1) is 15.7 Å². The van der Waals surface area contributed by atoms with Gasteiger partial charge in [-0.3, -0.25) is 0 Å². The van der Waals surface area contributed by atoms with Gasteiger partial charge in [0.25, 0.3) is 0 Å². The molecule has 0 fully saturated rings. The standard InChI is InChI=1S/C38H23NOS/c1-3-9-24(10-4-1)26-15-18-29-30-19-16-27(23-35(30)40-34(29)22-26)25-17-20-36-32(21-25)37-38(41-36)31-13-7-8-14-33(31)39(37)28-11-5-2-6-12-28/h1-23H. The summed E-state index contributed by atoms with van der Waals surface area (Å²) >= 11 is 1.88. The smallest absolute Gasteiger partial charge is 0.136 e. The maximum Gasteiger partial charge on any atom is 0.136 e. The van der Waals surface area contributed by atoms with Gasteiger partial charge < -0.3 is 8.98 Å². The zero-order chi connectivity index (χ0) is 26.9. The van der Waals surface area contributed by atoms with E-state index in [1.165, 1.54) is 48.0 Å². The van der Waals surface area contributed by atoms with Crippen molar-refractivity contribution in [3.63, 3.8) is 0 Å². The molecule has 0 N–H and O–H groups in total. The van der Waals surface area contributed by atoms with Gasteiger partial charge in [0.2, 0.25) is 0 Å². The van der Waals surface area contributed by atoms with E-state index in [1.54, 1.807) is 0 Å². The normalized spacial score (nSPS) is 11.9. The van der Waals surface area contributed by atoms with Crippen LogP contribution in [0.3, 0.4) is 0 Å². The van der Waals surface area contributed by atoms with Crippen LogP contribution in [0.15, 0.2) is 144 Å². The summed E-state index contributed by atoms with van der Waals surface area (Å²) in [7, 11) is 0. The summed E-state index contributed by atoms with van der Waals surface area (Å²) in [6, 6.07) is 49.9. The Kier molecular flexibility index (Phi) is 4.80. The van der Waals surface area contributed by atoms with E-state index < -0.39 is 0 Å².